The summed E-state index contributed by atoms with van der Waals surface area (Å²) in [5, 5.41) is 12.9. The summed E-state index contributed by atoms with van der Waals surface area (Å²) in [4.78, 5) is 5.04. The van der Waals surface area contributed by atoms with Crippen LogP contribution >= 0.6 is 11.3 Å². The lowest BCUT2D eigenvalue weighted by atomic mass is 10.3. The Kier molecular flexibility index (Phi) is 1.76. The van der Waals surface area contributed by atoms with Crippen molar-refractivity contribution >= 4 is 22.2 Å². The fraction of sp³-hybridized carbons (Fsp3) is 0. The highest BCUT2D eigenvalue weighted by Crippen LogP contribution is 2.29. The zero-order valence-electron chi connectivity index (χ0n) is 7.79. The van der Waals surface area contributed by atoms with Crippen LogP contribution in [0.3, 0.4) is 0 Å². The highest BCUT2D eigenvalue weighted by Gasteiger charge is 2.09. The van der Waals surface area contributed by atoms with Crippen LogP contribution in [0.5, 0.6) is 0 Å². The second-order valence-corrected chi connectivity index (χ2v) is 4.20. The smallest absolute Gasteiger partial charge is 0.106 e. The zero-order valence-corrected chi connectivity index (χ0v) is 8.61. The Labute approximate surface area is 90.2 Å². The third kappa shape index (κ3) is 1.22. The molecule has 0 radical (unpaired) electrons. The van der Waals surface area contributed by atoms with E-state index in [1.165, 1.54) is 4.73 Å². The van der Waals surface area contributed by atoms with Crippen LogP contribution in [0.25, 0.3) is 21.5 Å². The van der Waals surface area contributed by atoms with Gasteiger partial charge in [-0.1, -0.05) is 6.07 Å². The van der Waals surface area contributed by atoms with Crippen LogP contribution in [0.15, 0.2) is 42.0 Å². The molecule has 3 aromatic heterocycles. The third-order valence-corrected chi connectivity index (χ3v) is 3.25. The van der Waals surface area contributed by atoms with E-state index in [9.17, 15) is 5.21 Å². The summed E-state index contributed by atoms with van der Waals surface area (Å²) in [5.74, 6) is 0. The average Bonchev–Trinajstić information content (AvgIpc) is 2.87. The lowest BCUT2D eigenvalue weighted by Gasteiger charge is -1.98. The maximum Gasteiger partial charge on any atom is 0.106 e. The van der Waals surface area contributed by atoms with Gasteiger partial charge in [0.25, 0.3) is 0 Å². The van der Waals surface area contributed by atoms with E-state index in [2.05, 4.69) is 4.98 Å². The molecule has 74 valence electrons. The van der Waals surface area contributed by atoms with Crippen LogP contribution < -0.4 is 0 Å². The van der Waals surface area contributed by atoms with Crippen molar-refractivity contribution in [2.75, 3.05) is 0 Å². The summed E-state index contributed by atoms with van der Waals surface area (Å²) in [6.45, 7) is 0. The predicted octanol–water partition coefficient (Wildman–Crippen LogP) is 3.00. The lowest BCUT2D eigenvalue weighted by Crippen LogP contribution is -1.91. The number of nitrogens with zero attached hydrogens (tertiary/aromatic N) is 2. The molecular formula is C11H8N2OS. The van der Waals surface area contributed by atoms with E-state index >= 15 is 0 Å². The van der Waals surface area contributed by atoms with E-state index in [1.807, 2.05) is 29.6 Å². The van der Waals surface area contributed by atoms with Gasteiger partial charge in [-0.05, 0) is 23.6 Å². The third-order valence-electron chi connectivity index (χ3n) is 2.35. The Bertz CT molecular complexity index is 598. The second kappa shape index (κ2) is 3.10. The quantitative estimate of drug-likeness (QED) is 0.635. The molecule has 3 heterocycles. The first-order chi connectivity index (χ1) is 7.36. The van der Waals surface area contributed by atoms with E-state index < -0.39 is 0 Å². The normalized spacial score (nSPS) is 10.9. The van der Waals surface area contributed by atoms with E-state index in [1.54, 1.807) is 23.7 Å². The largest absolute Gasteiger partial charge is 0.428 e. The molecule has 0 spiro atoms. The van der Waals surface area contributed by atoms with Crippen molar-refractivity contribution in [1.29, 1.82) is 0 Å². The molecule has 0 unspecified atom stereocenters. The number of rotatable bonds is 1. The second-order valence-electron chi connectivity index (χ2n) is 3.25. The number of hydrogen-bond donors (Lipinski definition) is 1. The molecule has 3 aromatic rings. The molecule has 15 heavy (non-hydrogen) atoms. The van der Waals surface area contributed by atoms with Crippen molar-refractivity contribution in [2.24, 2.45) is 0 Å². The van der Waals surface area contributed by atoms with Crippen molar-refractivity contribution in [3.8, 4) is 10.6 Å². The highest BCUT2D eigenvalue weighted by atomic mass is 32.1. The minimum absolute atomic E-state index is 0.737. The summed E-state index contributed by atoms with van der Waals surface area (Å²) in [5.41, 5.74) is 1.55. The first-order valence-corrected chi connectivity index (χ1v) is 5.43. The number of aromatic nitrogens is 2. The highest BCUT2D eigenvalue weighted by molar-refractivity contribution is 7.13. The van der Waals surface area contributed by atoms with Gasteiger partial charge in [0, 0.05) is 11.6 Å². The van der Waals surface area contributed by atoms with Crippen LogP contribution in [0.4, 0.5) is 0 Å². The van der Waals surface area contributed by atoms with Crippen molar-refractivity contribution in [1.82, 2.24) is 9.71 Å². The summed E-state index contributed by atoms with van der Waals surface area (Å²) >= 11 is 1.60. The van der Waals surface area contributed by atoms with E-state index in [0.717, 1.165) is 21.5 Å². The van der Waals surface area contributed by atoms with Gasteiger partial charge in [-0.15, -0.1) is 11.3 Å². The van der Waals surface area contributed by atoms with Crippen LogP contribution in [-0.4, -0.2) is 14.9 Å². The maximum absolute atomic E-state index is 9.94. The van der Waals surface area contributed by atoms with Gasteiger partial charge in [0.05, 0.1) is 16.8 Å². The molecule has 1 N–H and O–H groups in total. The molecule has 0 aliphatic rings. The molecule has 0 bridgehead atoms. The number of pyridine rings is 1. The molecule has 0 aliphatic carbocycles. The monoisotopic (exact) mass is 216 g/mol. The molecule has 4 heteroatoms. The van der Waals surface area contributed by atoms with Crippen LogP contribution in [0, 0.1) is 0 Å². The Balaban J connectivity index is 2.33. The topological polar surface area (TPSA) is 38.0 Å². The maximum atomic E-state index is 9.94. The number of thiophene rings is 1. The molecule has 0 amide bonds. The summed E-state index contributed by atoms with van der Waals surface area (Å²) in [6, 6.07) is 7.80. The van der Waals surface area contributed by atoms with Gasteiger partial charge in [0.1, 0.15) is 5.52 Å². The van der Waals surface area contributed by atoms with Crippen LogP contribution in [0.1, 0.15) is 0 Å². The molecule has 0 aromatic carbocycles. The Hall–Kier alpha value is -1.81. The van der Waals surface area contributed by atoms with E-state index in [4.69, 9.17) is 0 Å². The first kappa shape index (κ1) is 8.49. The molecule has 0 aliphatic heterocycles. The van der Waals surface area contributed by atoms with Crippen molar-refractivity contribution < 1.29 is 5.21 Å². The van der Waals surface area contributed by atoms with Gasteiger partial charge in [-0.2, -0.15) is 4.73 Å². The molecule has 0 atom stereocenters. The van der Waals surface area contributed by atoms with Gasteiger partial charge < -0.3 is 5.21 Å². The summed E-state index contributed by atoms with van der Waals surface area (Å²) < 4.78 is 1.19. The summed E-state index contributed by atoms with van der Waals surface area (Å²) in [6.07, 6.45) is 3.38. The Morgan fingerprint density at radius 3 is 3.00 bits per heavy atom. The molecule has 0 fully saturated rings. The Morgan fingerprint density at radius 1 is 1.33 bits per heavy atom. The van der Waals surface area contributed by atoms with Crippen LogP contribution in [0.2, 0.25) is 0 Å². The van der Waals surface area contributed by atoms with Gasteiger partial charge in [0.2, 0.25) is 0 Å². The van der Waals surface area contributed by atoms with Crippen LogP contribution in [-0.2, 0) is 0 Å². The van der Waals surface area contributed by atoms with Crippen molar-refractivity contribution in [3.63, 3.8) is 0 Å². The summed E-state index contributed by atoms with van der Waals surface area (Å²) in [7, 11) is 0. The first-order valence-electron chi connectivity index (χ1n) is 4.55. The molecule has 3 rings (SSSR count). The SMILES string of the molecule is On1c(-c2cccs2)cc2ccncc21. The van der Waals surface area contributed by atoms with Gasteiger partial charge >= 0.3 is 0 Å². The minimum Gasteiger partial charge on any atom is -0.428 e. The average molecular weight is 216 g/mol. The fourth-order valence-electron chi connectivity index (χ4n) is 1.63. The van der Waals surface area contributed by atoms with Gasteiger partial charge in [-0.25, -0.2) is 0 Å². The fourth-order valence-corrected chi connectivity index (χ4v) is 2.36. The van der Waals surface area contributed by atoms with Gasteiger partial charge in [0.15, 0.2) is 0 Å². The van der Waals surface area contributed by atoms with E-state index in [-0.39, 0.29) is 0 Å². The van der Waals surface area contributed by atoms with Gasteiger partial charge in [-0.3, -0.25) is 4.98 Å². The molecular weight excluding hydrogens is 208 g/mol. The van der Waals surface area contributed by atoms with Crippen molar-refractivity contribution in [2.45, 2.75) is 0 Å². The number of hydrogen-bond acceptors (Lipinski definition) is 3. The number of fused-ring (bicyclic) bond motifs is 1. The molecule has 3 nitrogen and oxygen atoms in total. The molecule has 0 saturated carbocycles. The lowest BCUT2D eigenvalue weighted by molar-refractivity contribution is 0.205. The molecule has 0 saturated heterocycles. The standard InChI is InChI=1S/C11H8N2OS/c14-13-9(11-2-1-5-15-11)6-8-3-4-12-7-10(8)13/h1-7,14H. The zero-order chi connectivity index (χ0) is 10.3. The van der Waals surface area contributed by atoms with Crippen molar-refractivity contribution in [3.05, 3.63) is 42.0 Å². The Morgan fingerprint density at radius 2 is 2.27 bits per heavy atom. The van der Waals surface area contributed by atoms with E-state index in [0.29, 0.717) is 0 Å². The minimum atomic E-state index is 0.737. The predicted molar refractivity (Wildman–Crippen MR) is 60.2 cm³/mol.